The van der Waals surface area contributed by atoms with Gasteiger partial charge in [-0.2, -0.15) is 0 Å². The second-order valence-electron chi connectivity index (χ2n) is 5.12. The zero-order valence-electron chi connectivity index (χ0n) is 11.5. The second kappa shape index (κ2) is 6.06. The highest BCUT2D eigenvalue weighted by Gasteiger charge is 2.21. The molecule has 1 amide bonds. The van der Waals surface area contributed by atoms with Crippen LogP contribution >= 0.6 is 11.6 Å². The molecule has 0 saturated heterocycles. The van der Waals surface area contributed by atoms with E-state index in [1.54, 1.807) is 19.1 Å². The van der Waals surface area contributed by atoms with Crippen LogP contribution < -0.4 is 5.32 Å². The minimum Gasteiger partial charge on any atom is -0.462 e. The quantitative estimate of drug-likeness (QED) is 0.864. The fourth-order valence-corrected chi connectivity index (χ4v) is 1.54. The third-order valence-corrected chi connectivity index (χ3v) is 2.72. The lowest BCUT2D eigenvalue weighted by atomic mass is 9.95. The maximum atomic E-state index is 11.8. The molecule has 1 rings (SSSR count). The van der Waals surface area contributed by atoms with Crippen LogP contribution in [0.3, 0.4) is 0 Å². The average molecular weight is 284 g/mol. The second-order valence-corrected chi connectivity index (χ2v) is 5.53. The van der Waals surface area contributed by atoms with Crippen molar-refractivity contribution in [3.8, 4) is 0 Å². The van der Waals surface area contributed by atoms with E-state index < -0.39 is 11.4 Å². The predicted octanol–water partition coefficient (Wildman–Crippen LogP) is 3.50. The lowest BCUT2D eigenvalue weighted by molar-refractivity contribution is -0.123. The molecule has 0 spiro atoms. The number of amides is 1. The summed E-state index contributed by atoms with van der Waals surface area (Å²) in [4.78, 5) is 23.4. The van der Waals surface area contributed by atoms with Gasteiger partial charge in [-0.05, 0) is 25.1 Å². The fourth-order valence-electron chi connectivity index (χ4n) is 1.29. The van der Waals surface area contributed by atoms with E-state index in [1.807, 2.05) is 20.8 Å². The standard InChI is InChI=1S/C14H18ClNO3/c1-5-19-12(17)10-7-6-9(8-11(10)15)16-13(18)14(2,3)4/h6-8H,5H2,1-4H3,(H,16,18). The van der Waals surface area contributed by atoms with Crippen molar-refractivity contribution >= 4 is 29.2 Å². The van der Waals surface area contributed by atoms with Gasteiger partial charge in [0.2, 0.25) is 5.91 Å². The van der Waals surface area contributed by atoms with Crippen molar-refractivity contribution in [2.45, 2.75) is 27.7 Å². The van der Waals surface area contributed by atoms with Gasteiger partial charge in [-0.25, -0.2) is 4.79 Å². The molecule has 0 unspecified atom stereocenters. The fraction of sp³-hybridized carbons (Fsp3) is 0.429. The van der Waals surface area contributed by atoms with Crippen molar-refractivity contribution in [2.24, 2.45) is 5.41 Å². The van der Waals surface area contributed by atoms with Crippen molar-refractivity contribution in [1.82, 2.24) is 0 Å². The van der Waals surface area contributed by atoms with Gasteiger partial charge in [0.15, 0.2) is 0 Å². The van der Waals surface area contributed by atoms with Crippen LogP contribution in [0.4, 0.5) is 5.69 Å². The summed E-state index contributed by atoms with van der Waals surface area (Å²) in [5, 5.41) is 3.00. The largest absolute Gasteiger partial charge is 0.462 e. The van der Waals surface area contributed by atoms with Crippen molar-refractivity contribution in [2.75, 3.05) is 11.9 Å². The monoisotopic (exact) mass is 283 g/mol. The summed E-state index contributed by atoms with van der Waals surface area (Å²) in [6.45, 7) is 7.46. The van der Waals surface area contributed by atoms with E-state index >= 15 is 0 Å². The zero-order valence-corrected chi connectivity index (χ0v) is 12.3. The van der Waals surface area contributed by atoms with Crippen molar-refractivity contribution in [3.63, 3.8) is 0 Å². The Morgan fingerprint density at radius 3 is 2.42 bits per heavy atom. The maximum Gasteiger partial charge on any atom is 0.339 e. The molecule has 0 bridgehead atoms. The van der Waals surface area contributed by atoms with Crippen LogP contribution in [-0.2, 0) is 9.53 Å². The number of ether oxygens (including phenoxy) is 1. The molecule has 1 N–H and O–H groups in total. The third-order valence-electron chi connectivity index (χ3n) is 2.40. The van der Waals surface area contributed by atoms with Crippen LogP contribution in [-0.4, -0.2) is 18.5 Å². The number of carbonyl (C=O) groups is 2. The zero-order chi connectivity index (χ0) is 14.6. The number of hydrogen-bond donors (Lipinski definition) is 1. The van der Waals surface area contributed by atoms with Crippen molar-refractivity contribution < 1.29 is 14.3 Å². The molecule has 0 aliphatic rings. The van der Waals surface area contributed by atoms with Gasteiger partial charge in [0.25, 0.3) is 0 Å². The molecule has 0 aromatic heterocycles. The average Bonchev–Trinajstić information content (AvgIpc) is 2.27. The molecule has 1 aromatic carbocycles. The SMILES string of the molecule is CCOC(=O)c1ccc(NC(=O)C(C)(C)C)cc1Cl. The smallest absolute Gasteiger partial charge is 0.339 e. The molecule has 0 heterocycles. The van der Waals surface area contributed by atoms with Gasteiger partial charge in [-0.15, -0.1) is 0 Å². The van der Waals surface area contributed by atoms with Gasteiger partial charge >= 0.3 is 5.97 Å². The Balaban J connectivity index is 2.89. The van der Waals surface area contributed by atoms with Crippen LogP contribution in [0.2, 0.25) is 5.02 Å². The highest BCUT2D eigenvalue weighted by Crippen LogP contribution is 2.23. The van der Waals surface area contributed by atoms with Crippen LogP contribution in [0.25, 0.3) is 0 Å². The van der Waals surface area contributed by atoms with Crippen LogP contribution in [0.1, 0.15) is 38.1 Å². The van der Waals surface area contributed by atoms with Crippen molar-refractivity contribution in [3.05, 3.63) is 28.8 Å². The summed E-state index contributed by atoms with van der Waals surface area (Å²) >= 11 is 6.01. The Bertz CT molecular complexity index is 492. The number of anilines is 1. The predicted molar refractivity (Wildman–Crippen MR) is 75.5 cm³/mol. The van der Waals surface area contributed by atoms with E-state index in [0.29, 0.717) is 5.69 Å². The molecule has 1 aromatic rings. The van der Waals surface area contributed by atoms with E-state index in [0.717, 1.165) is 0 Å². The normalized spacial score (nSPS) is 11.0. The van der Waals surface area contributed by atoms with Crippen molar-refractivity contribution in [1.29, 1.82) is 0 Å². The molecule has 0 fully saturated rings. The third kappa shape index (κ3) is 4.24. The summed E-state index contributed by atoms with van der Waals surface area (Å²) in [6.07, 6.45) is 0. The van der Waals surface area contributed by atoms with E-state index in [1.165, 1.54) is 6.07 Å². The number of benzene rings is 1. The highest BCUT2D eigenvalue weighted by atomic mass is 35.5. The molecule has 0 aliphatic carbocycles. The van der Waals surface area contributed by atoms with E-state index in [4.69, 9.17) is 16.3 Å². The molecule has 4 nitrogen and oxygen atoms in total. The van der Waals surface area contributed by atoms with E-state index in [-0.39, 0.29) is 23.1 Å². The summed E-state index contributed by atoms with van der Waals surface area (Å²) in [7, 11) is 0. The topological polar surface area (TPSA) is 55.4 Å². The summed E-state index contributed by atoms with van der Waals surface area (Å²) in [5.74, 6) is -0.589. The minimum absolute atomic E-state index is 0.118. The Labute approximate surface area is 118 Å². The Morgan fingerprint density at radius 2 is 1.95 bits per heavy atom. The maximum absolute atomic E-state index is 11.8. The van der Waals surface area contributed by atoms with Crippen LogP contribution in [0.15, 0.2) is 18.2 Å². The lowest BCUT2D eigenvalue weighted by Gasteiger charge is -2.18. The molecular weight excluding hydrogens is 266 g/mol. The number of nitrogens with one attached hydrogen (secondary N) is 1. The molecule has 19 heavy (non-hydrogen) atoms. The number of esters is 1. The summed E-state index contributed by atoms with van der Waals surface area (Å²) in [6, 6.07) is 4.71. The first-order valence-electron chi connectivity index (χ1n) is 6.04. The molecular formula is C14H18ClNO3. The number of carbonyl (C=O) groups excluding carboxylic acids is 2. The Hall–Kier alpha value is -1.55. The minimum atomic E-state index is -0.494. The molecule has 0 atom stereocenters. The summed E-state index contributed by atoms with van der Waals surface area (Å²) in [5.41, 5.74) is 0.349. The number of halogens is 1. The molecule has 104 valence electrons. The summed E-state index contributed by atoms with van der Waals surface area (Å²) < 4.78 is 4.87. The Morgan fingerprint density at radius 1 is 1.32 bits per heavy atom. The Kier molecular flexibility index (Phi) is 4.95. The van der Waals surface area contributed by atoms with Gasteiger partial charge in [0.05, 0.1) is 17.2 Å². The first-order chi connectivity index (χ1) is 8.75. The first kappa shape index (κ1) is 15.5. The van der Waals surface area contributed by atoms with E-state index in [9.17, 15) is 9.59 Å². The first-order valence-corrected chi connectivity index (χ1v) is 6.41. The number of rotatable bonds is 3. The lowest BCUT2D eigenvalue weighted by Crippen LogP contribution is -2.27. The van der Waals surface area contributed by atoms with Gasteiger partial charge in [0, 0.05) is 11.1 Å². The molecule has 0 aliphatic heterocycles. The van der Waals surface area contributed by atoms with Gasteiger partial charge in [0.1, 0.15) is 0 Å². The molecule has 0 saturated carbocycles. The number of hydrogen-bond acceptors (Lipinski definition) is 3. The van der Waals surface area contributed by atoms with Gasteiger partial charge in [-0.1, -0.05) is 32.4 Å². The van der Waals surface area contributed by atoms with Crippen LogP contribution in [0.5, 0.6) is 0 Å². The molecule has 5 heteroatoms. The molecule has 0 radical (unpaired) electrons. The van der Waals surface area contributed by atoms with E-state index in [2.05, 4.69) is 5.32 Å². The van der Waals surface area contributed by atoms with Gasteiger partial charge < -0.3 is 10.1 Å². The van der Waals surface area contributed by atoms with Crippen LogP contribution in [0, 0.1) is 5.41 Å². The highest BCUT2D eigenvalue weighted by molar-refractivity contribution is 6.34. The van der Waals surface area contributed by atoms with Gasteiger partial charge in [-0.3, -0.25) is 4.79 Å².